The van der Waals surface area contributed by atoms with Crippen LogP contribution in [0.5, 0.6) is 5.75 Å². The molecular weight excluding hydrogens is 320 g/mol. The zero-order chi connectivity index (χ0) is 18.1. The quantitative estimate of drug-likeness (QED) is 0.454. The first-order valence-corrected chi connectivity index (χ1v) is 7.90. The normalized spacial score (nSPS) is 11.9. The lowest BCUT2D eigenvalue weighted by molar-refractivity contribution is -0.141. The third-order valence-electron chi connectivity index (χ3n) is 3.32. The molecule has 2 rings (SSSR count). The van der Waals surface area contributed by atoms with Crippen molar-refractivity contribution in [1.29, 1.82) is 0 Å². The summed E-state index contributed by atoms with van der Waals surface area (Å²) in [5.41, 5.74) is 1.17. The van der Waals surface area contributed by atoms with Crippen LogP contribution in [0.15, 0.2) is 66.7 Å². The second-order valence-electron chi connectivity index (χ2n) is 5.31. The lowest BCUT2D eigenvalue weighted by Gasteiger charge is -2.12. The van der Waals surface area contributed by atoms with E-state index in [4.69, 9.17) is 9.47 Å². The number of esters is 1. The highest BCUT2D eigenvalue weighted by atomic mass is 16.5. The molecule has 0 aliphatic rings. The second-order valence-corrected chi connectivity index (χ2v) is 5.31. The van der Waals surface area contributed by atoms with Crippen LogP contribution < -0.4 is 4.74 Å². The number of ether oxygens (including phenoxy) is 2. The van der Waals surface area contributed by atoms with Crippen molar-refractivity contribution in [2.24, 2.45) is 0 Å². The predicted molar refractivity (Wildman–Crippen MR) is 93.6 cm³/mol. The van der Waals surface area contributed by atoms with Gasteiger partial charge in [0.2, 0.25) is 0 Å². The summed E-state index contributed by atoms with van der Waals surface area (Å²) in [5, 5.41) is 9.74. The molecule has 0 aliphatic heterocycles. The Balaban J connectivity index is 1.84. The van der Waals surface area contributed by atoms with Crippen LogP contribution in [0.3, 0.4) is 0 Å². The zero-order valence-electron chi connectivity index (χ0n) is 13.9. The Morgan fingerprint density at radius 1 is 1.00 bits per heavy atom. The van der Waals surface area contributed by atoms with Crippen LogP contribution in [0.4, 0.5) is 0 Å². The number of benzene rings is 2. The van der Waals surface area contributed by atoms with Crippen LogP contribution in [-0.2, 0) is 9.53 Å². The first-order valence-electron chi connectivity index (χ1n) is 7.90. The minimum Gasteiger partial charge on any atom is -0.491 e. The van der Waals surface area contributed by atoms with E-state index in [0.29, 0.717) is 16.9 Å². The monoisotopic (exact) mass is 340 g/mol. The number of aliphatic hydroxyl groups is 1. The van der Waals surface area contributed by atoms with Crippen LogP contribution in [0.1, 0.15) is 22.8 Å². The van der Waals surface area contributed by atoms with Crippen molar-refractivity contribution in [1.82, 2.24) is 0 Å². The molecule has 0 saturated heterocycles. The maximum absolute atomic E-state index is 12.3. The Kier molecular flexibility index (Phi) is 6.92. The first-order chi connectivity index (χ1) is 12.1. The molecule has 0 bridgehead atoms. The van der Waals surface area contributed by atoms with Crippen LogP contribution in [0, 0.1) is 0 Å². The molecule has 1 unspecified atom stereocenters. The highest BCUT2D eigenvalue weighted by Gasteiger charge is 2.10. The van der Waals surface area contributed by atoms with E-state index in [2.05, 4.69) is 0 Å². The van der Waals surface area contributed by atoms with Crippen LogP contribution in [0.2, 0.25) is 0 Å². The lowest BCUT2D eigenvalue weighted by Crippen LogP contribution is -2.24. The van der Waals surface area contributed by atoms with E-state index in [-0.39, 0.29) is 19.0 Å². The van der Waals surface area contributed by atoms with Gasteiger partial charge in [0.1, 0.15) is 25.1 Å². The van der Waals surface area contributed by atoms with Crippen LogP contribution >= 0.6 is 0 Å². The molecule has 0 radical (unpaired) electrons. The number of rotatable bonds is 8. The summed E-state index contributed by atoms with van der Waals surface area (Å²) in [6.45, 7) is 1.54. The van der Waals surface area contributed by atoms with E-state index >= 15 is 0 Å². The van der Waals surface area contributed by atoms with Gasteiger partial charge in [0.25, 0.3) is 0 Å². The summed E-state index contributed by atoms with van der Waals surface area (Å²) < 4.78 is 10.3. The molecule has 2 aromatic rings. The van der Waals surface area contributed by atoms with Crippen molar-refractivity contribution in [3.63, 3.8) is 0 Å². The molecular formula is C20H20O5. The molecule has 0 heterocycles. The molecule has 1 atom stereocenters. The van der Waals surface area contributed by atoms with Gasteiger partial charge in [-0.05, 0) is 31.2 Å². The molecule has 1 N–H and O–H groups in total. The average molecular weight is 340 g/mol. The van der Waals surface area contributed by atoms with Crippen molar-refractivity contribution in [3.05, 3.63) is 77.9 Å². The fourth-order valence-corrected chi connectivity index (χ4v) is 2.06. The fraction of sp³-hybridized carbons (Fsp3) is 0.200. The van der Waals surface area contributed by atoms with Gasteiger partial charge >= 0.3 is 5.97 Å². The minimum atomic E-state index is -0.931. The van der Waals surface area contributed by atoms with E-state index in [1.165, 1.54) is 6.08 Å². The lowest BCUT2D eigenvalue weighted by atomic mass is 10.0. The Morgan fingerprint density at radius 3 is 2.28 bits per heavy atom. The standard InChI is InChI=1S/C20H20O5/c1-2-6-19(22)25-14-17(21)13-24-18-11-9-16(10-12-18)20(23)15-7-4-3-5-8-15/h2-12,17,21H,13-14H2,1H3. The van der Waals surface area contributed by atoms with Gasteiger partial charge in [-0.15, -0.1) is 0 Å². The minimum absolute atomic E-state index is 0.0188. The summed E-state index contributed by atoms with van der Waals surface area (Å²) in [4.78, 5) is 23.4. The number of allylic oxidation sites excluding steroid dienone is 1. The molecule has 5 nitrogen and oxygen atoms in total. The Bertz CT molecular complexity index is 720. The van der Waals surface area contributed by atoms with Crippen LogP contribution in [0.25, 0.3) is 0 Å². The predicted octanol–water partition coefficient (Wildman–Crippen LogP) is 2.78. The molecule has 0 amide bonds. The Labute approximate surface area is 146 Å². The smallest absolute Gasteiger partial charge is 0.330 e. The van der Waals surface area contributed by atoms with E-state index in [1.807, 2.05) is 18.2 Å². The van der Waals surface area contributed by atoms with E-state index in [0.717, 1.165) is 0 Å². The first kappa shape index (κ1) is 18.4. The number of carbonyl (C=O) groups is 2. The summed E-state index contributed by atoms with van der Waals surface area (Å²) in [6.07, 6.45) is 1.90. The molecule has 25 heavy (non-hydrogen) atoms. The number of aliphatic hydroxyl groups excluding tert-OH is 1. The van der Waals surface area contributed by atoms with Gasteiger partial charge in [-0.25, -0.2) is 4.79 Å². The summed E-state index contributed by atoms with van der Waals surface area (Å²) in [7, 11) is 0. The van der Waals surface area contributed by atoms with Gasteiger partial charge in [-0.2, -0.15) is 0 Å². The number of ketones is 1. The molecule has 0 aliphatic carbocycles. The van der Waals surface area contributed by atoms with Gasteiger partial charge in [0.05, 0.1) is 0 Å². The van der Waals surface area contributed by atoms with Crippen molar-refractivity contribution >= 4 is 11.8 Å². The zero-order valence-corrected chi connectivity index (χ0v) is 13.9. The number of hydrogen-bond acceptors (Lipinski definition) is 5. The molecule has 0 spiro atoms. The highest BCUT2D eigenvalue weighted by Crippen LogP contribution is 2.15. The number of carbonyl (C=O) groups excluding carboxylic acids is 2. The average Bonchev–Trinajstić information content (AvgIpc) is 2.65. The Morgan fingerprint density at radius 2 is 1.64 bits per heavy atom. The summed E-state index contributed by atoms with van der Waals surface area (Å²) in [5.74, 6) is -0.0585. The molecule has 0 saturated carbocycles. The summed E-state index contributed by atoms with van der Waals surface area (Å²) >= 11 is 0. The van der Waals surface area contributed by atoms with Crippen LogP contribution in [-0.4, -0.2) is 36.2 Å². The topological polar surface area (TPSA) is 72.8 Å². The van der Waals surface area contributed by atoms with Gasteiger partial charge in [-0.3, -0.25) is 4.79 Å². The van der Waals surface area contributed by atoms with Crippen molar-refractivity contribution < 1.29 is 24.2 Å². The molecule has 0 fully saturated rings. The Hall–Kier alpha value is -2.92. The summed E-state index contributed by atoms with van der Waals surface area (Å²) in [6, 6.07) is 15.7. The number of hydrogen-bond donors (Lipinski definition) is 1. The fourth-order valence-electron chi connectivity index (χ4n) is 2.06. The third kappa shape index (κ3) is 5.90. The maximum Gasteiger partial charge on any atom is 0.330 e. The van der Waals surface area contributed by atoms with Crippen molar-refractivity contribution in [2.45, 2.75) is 13.0 Å². The van der Waals surface area contributed by atoms with Gasteiger partial charge in [0, 0.05) is 17.2 Å². The van der Waals surface area contributed by atoms with Crippen molar-refractivity contribution in [3.8, 4) is 5.75 Å². The largest absolute Gasteiger partial charge is 0.491 e. The third-order valence-corrected chi connectivity index (χ3v) is 3.32. The van der Waals surface area contributed by atoms with E-state index in [9.17, 15) is 14.7 Å². The molecule has 0 aromatic heterocycles. The molecule has 2 aromatic carbocycles. The second kappa shape index (κ2) is 9.39. The van der Waals surface area contributed by atoms with Gasteiger partial charge in [-0.1, -0.05) is 36.4 Å². The highest BCUT2D eigenvalue weighted by molar-refractivity contribution is 6.08. The van der Waals surface area contributed by atoms with Gasteiger partial charge < -0.3 is 14.6 Å². The van der Waals surface area contributed by atoms with E-state index in [1.54, 1.807) is 49.4 Å². The SMILES string of the molecule is CC=CC(=O)OCC(O)COc1ccc(C(=O)c2ccccc2)cc1. The molecule has 5 heteroatoms. The maximum atomic E-state index is 12.3. The van der Waals surface area contributed by atoms with Crippen molar-refractivity contribution in [2.75, 3.05) is 13.2 Å². The molecule has 130 valence electrons. The van der Waals surface area contributed by atoms with E-state index < -0.39 is 12.1 Å². The van der Waals surface area contributed by atoms with Gasteiger partial charge in [0.15, 0.2) is 5.78 Å².